The van der Waals surface area contributed by atoms with Crippen LogP contribution in [0, 0.1) is 13.8 Å². The van der Waals surface area contributed by atoms with Crippen LogP contribution in [0.5, 0.6) is 5.75 Å². The van der Waals surface area contributed by atoms with Gasteiger partial charge in [-0.1, -0.05) is 36.0 Å². The van der Waals surface area contributed by atoms with Crippen LogP contribution in [-0.2, 0) is 11.2 Å². The van der Waals surface area contributed by atoms with Gasteiger partial charge in [-0.2, -0.15) is 0 Å². The number of hydrogen-bond donors (Lipinski definition) is 3. The largest absolute Gasteiger partial charge is 0.508 e. The summed E-state index contributed by atoms with van der Waals surface area (Å²) in [4.78, 5) is 20.4. The maximum atomic E-state index is 12.5. The number of thioether (sulfide) groups is 1. The fourth-order valence-corrected chi connectivity index (χ4v) is 3.57. The fourth-order valence-electron chi connectivity index (χ4n) is 2.59. The number of nitrogens with one attached hydrogen (secondary N) is 2. The lowest BCUT2D eigenvalue weighted by molar-refractivity contribution is -0.115. The van der Waals surface area contributed by atoms with Crippen LogP contribution in [0.1, 0.15) is 36.1 Å². The smallest absolute Gasteiger partial charge is 0.239 e. The molecule has 1 amide bonds. The second-order valence-electron chi connectivity index (χ2n) is 6.28. The van der Waals surface area contributed by atoms with Crippen molar-refractivity contribution in [2.24, 2.45) is 0 Å². The highest BCUT2D eigenvalue weighted by atomic mass is 32.2. The Morgan fingerprint density at radius 2 is 2.07 bits per heavy atom. The average molecular weight is 386 g/mol. The van der Waals surface area contributed by atoms with E-state index < -0.39 is 0 Å². The molecule has 0 fully saturated rings. The van der Waals surface area contributed by atoms with Gasteiger partial charge in [-0.05, 0) is 38.0 Å². The zero-order valence-electron chi connectivity index (χ0n) is 15.4. The van der Waals surface area contributed by atoms with Crippen LogP contribution in [0.2, 0.25) is 0 Å². The molecule has 0 aliphatic rings. The van der Waals surface area contributed by atoms with Crippen molar-refractivity contribution in [1.82, 2.24) is 15.1 Å². The second kappa shape index (κ2) is 8.30. The van der Waals surface area contributed by atoms with Crippen LogP contribution in [0.15, 0.2) is 40.0 Å². The number of hydrogen-bond acceptors (Lipinski definition) is 6. The van der Waals surface area contributed by atoms with Gasteiger partial charge < -0.3 is 19.9 Å². The number of nitrogens with zero attached hydrogens (tertiary/aromatic N) is 2. The molecule has 7 nitrogen and oxygen atoms in total. The van der Waals surface area contributed by atoms with E-state index in [1.54, 1.807) is 25.1 Å². The van der Waals surface area contributed by atoms with Crippen molar-refractivity contribution in [1.29, 1.82) is 0 Å². The molecular weight excluding hydrogens is 364 g/mol. The van der Waals surface area contributed by atoms with Gasteiger partial charge in [-0.15, -0.1) is 0 Å². The van der Waals surface area contributed by atoms with Crippen LogP contribution >= 0.6 is 11.8 Å². The number of rotatable bonds is 7. The highest BCUT2D eigenvalue weighted by Gasteiger charge is 2.21. The Bertz CT molecular complexity index is 917. The van der Waals surface area contributed by atoms with E-state index in [9.17, 15) is 9.90 Å². The Labute approximate surface area is 161 Å². The molecule has 3 rings (SSSR count). The van der Waals surface area contributed by atoms with E-state index in [1.165, 1.54) is 11.8 Å². The zero-order chi connectivity index (χ0) is 19.4. The van der Waals surface area contributed by atoms with Crippen molar-refractivity contribution >= 4 is 23.5 Å². The molecular formula is C19H22N4O3S. The summed E-state index contributed by atoms with van der Waals surface area (Å²) >= 11 is 1.39. The summed E-state index contributed by atoms with van der Waals surface area (Å²) in [6, 6.07) is 8.76. The molecule has 0 bridgehead atoms. The van der Waals surface area contributed by atoms with E-state index in [2.05, 4.69) is 20.4 Å². The standard InChI is InChI=1S/C19H22N4O3S/c1-4-16(18(25)22-17-9-11(2)26-23-17)27-19-20-12(3)15(21-19)10-13-5-7-14(24)8-6-13/h5-9,16,24H,4,10H2,1-3H3,(H,20,21)(H,22,23,25)/t16-/m0/s1. The number of phenols is 1. The maximum absolute atomic E-state index is 12.5. The van der Waals surface area contributed by atoms with Gasteiger partial charge in [0.05, 0.1) is 10.9 Å². The minimum atomic E-state index is -0.297. The number of aryl methyl sites for hydroxylation is 2. The Morgan fingerprint density at radius 1 is 1.33 bits per heavy atom. The number of H-pyrrole nitrogens is 1. The molecule has 0 aliphatic carbocycles. The molecule has 2 aromatic heterocycles. The lowest BCUT2D eigenvalue weighted by Crippen LogP contribution is -2.24. The molecule has 0 unspecified atom stereocenters. The molecule has 0 spiro atoms. The number of benzene rings is 1. The fraction of sp³-hybridized carbons (Fsp3) is 0.316. The van der Waals surface area contributed by atoms with Crippen LogP contribution in [0.3, 0.4) is 0 Å². The van der Waals surface area contributed by atoms with Gasteiger partial charge >= 0.3 is 0 Å². The van der Waals surface area contributed by atoms with E-state index in [0.717, 1.165) is 17.0 Å². The Balaban J connectivity index is 1.66. The molecule has 8 heteroatoms. The van der Waals surface area contributed by atoms with E-state index in [-0.39, 0.29) is 16.9 Å². The number of carbonyl (C=O) groups excluding carboxylic acids is 1. The Morgan fingerprint density at radius 3 is 2.70 bits per heavy atom. The van der Waals surface area contributed by atoms with Crippen LogP contribution in [0.4, 0.5) is 5.82 Å². The number of phenolic OH excluding ortho intramolecular Hbond substituents is 1. The number of carbonyl (C=O) groups is 1. The zero-order valence-corrected chi connectivity index (χ0v) is 16.3. The lowest BCUT2D eigenvalue weighted by atomic mass is 10.1. The first kappa shape index (κ1) is 19.0. The Kier molecular flexibility index (Phi) is 5.85. The second-order valence-corrected chi connectivity index (χ2v) is 7.48. The SMILES string of the molecule is CC[C@H](Sc1nc(Cc2ccc(O)cc2)c(C)[nH]1)C(=O)Nc1cc(C)on1. The summed E-state index contributed by atoms with van der Waals surface area (Å²) in [5.41, 5.74) is 2.95. The van der Waals surface area contributed by atoms with Gasteiger partial charge in [0.2, 0.25) is 5.91 Å². The van der Waals surface area contributed by atoms with Crippen LogP contribution < -0.4 is 5.32 Å². The summed E-state index contributed by atoms with van der Waals surface area (Å²) in [7, 11) is 0. The third kappa shape index (κ3) is 4.91. The normalized spacial score (nSPS) is 12.1. The quantitative estimate of drug-likeness (QED) is 0.533. The molecule has 0 radical (unpaired) electrons. The number of amides is 1. The van der Waals surface area contributed by atoms with Crippen molar-refractivity contribution in [3.63, 3.8) is 0 Å². The summed E-state index contributed by atoms with van der Waals surface area (Å²) in [6.07, 6.45) is 1.31. The third-order valence-electron chi connectivity index (χ3n) is 4.07. The number of anilines is 1. The van der Waals surface area contributed by atoms with Crippen molar-refractivity contribution in [3.05, 3.63) is 53.0 Å². The molecule has 142 valence electrons. The van der Waals surface area contributed by atoms with Crippen LogP contribution in [0.25, 0.3) is 0 Å². The van der Waals surface area contributed by atoms with Gasteiger partial charge in [0, 0.05) is 18.2 Å². The topological polar surface area (TPSA) is 104 Å². The van der Waals surface area contributed by atoms with Crippen molar-refractivity contribution in [2.75, 3.05) is 5.32 Å². The molecule has 3 N–H and O–H groups in total. The molecule has 27 heavy (non-hydrogen) atoms. The van der Waals surface area contributed by atoms with Crippen LogP contribution in [-0.4, -0.2) is 31.4 Å². The summed E-state index contributed by atoms with van der Waals surface area (Å²) < 4.78 is 4.97. The highest BCUT2D eigenvalue weighted by Crippen LogP contribution is 2.26. The molecule has 0 saturated carbocycles. The predicted molar refractivity (Wildman–Crippen MR) is 104 cm³/mol. The first-order chi connectivity index (χ1) is 12.9. The minimum Gasteiger partial charge on any atom is -0.508 e. The lowest BCUT2D eigenvalue weighted by Gasteiger charge is -2.11. The highest BCUT2D eigenvalue weighted by molar-refractivity contribution is 8.00. The minimum absolute atomic E-state index is 0.134. The molecule has 3 aromatic rings. The van der Waals surface area contributed by atoms with E-state index in [1.807, 2.05) is 26.0 Å². The first-order valence-electron chi connectivity index (χ1n) is 8.68. The molecule has 2 heterocycles. The molecule has 1 atom stereocenters. The van der Waals surface area contributed by atoms with Gasteiger partial charge in [0.25, 0.3) is 0 Å². The molecule has 0 aliphatic heterocycles. The number of aromatic hydroxyl groups is 1. The van der Waals surface area contributed by atoms with Crippen molar-refractivity contribution in [2.45, 2.75) is 44.0 Å². The van der Waals surface area contributed by atoms with Gasteiger partial charge in [-0.25, -0.2) is 4.98 Å². The summed E-state index contributed by atoms with van der Waals surface area (Å²) in [6.45, 7) is 5.69. The van der Waals surface area contributed by atoms with Crippen molar-refractivity contribution in [3.8, 4) is 5.75 Å². The first-order valence-corrected chi connectivity index (χ1v) is 9.56. The van der Waals surface area contributed by atoms with E-state index >= 15 is 0 Å². The van der Waals surface area contributed by atoms with E-state index in [0.29, 0.717) is 29.6 Å². The average Bonchev–Trinajstić information content (AvgIpc) is 3.20. The molecule has 1 aromatic carbocycles. The van der Waals surface area contributed by atoms with Gasteiger partial charge in [0.1, 0.15) is 11.5 Å². The van der Waals surface area contributed by atoms with Gasteiger partial charge in [-0.3, -0.25) is 4.79 Å². The van der Waals surface area contributed by atoms with Gasteiger partial charge in [0.15, 0.2) is 11.0 Å². The third-order valence-corrected chi connectivity index (χ3v) is 5.32. The predicted octanol–water partition coefficient (Wildman–Crippen LogP) is 3.82. The Hall–Kier alpha value is -2.74. The number of aromatic nitrogens is 3. The van der Waals surface area contributed by atoms with E-state index in [4.69, 9.17) is 4.52 Å². The van der Waals surface area contributed by atoms with Crippen molar-refractivity contribution < 1.29 is 14.4 Å². The summed E-state index contributed by atoms with van der Waals surface area (Å²) in [5, 5.41) is 16.4. The number of aromatic amines is 1. The molecule has 0 saturated heterocycles. The maximum Gasteiger partial charge on any atom is 0.239 e. The summed E-state index contributed by atoms with van der Waals surface area (Å²) in [5.74, 6) is 1.17. The number of imidazole rings is 1. The monoisotopic (exact) mass is 386 g/mol.